The molecule has 0 unspecified atom stereocenters. The van der Waals surface area contributed by atoms with Crippen LogP contribution in [0, 0.1) is 12.7 Å². The van der Waals surface area contributed by atoms with Crippen LogP contribution in [-0.4, -0.2) is 19.3 Å². The van der Waals surface area contributed by atoms with Crippen molar-refractivity contribution in [1.82, 2.24) is 0 Å². The van der Waals surface area contributed by atoms with Gasteiger partial charge in [-0.25, -0.2) is 4.39 Å². The molecule has 0 aliphatic carbocycles. The molecule has 0 bridgehead atoms. The SMILES string of the molecule is Cc1cc(C2(C)OCC(N)CO2)ccc1F. The van der Waals surface area contributed by atoms with Gasteiger partial charge in [0.2, 0.25) is 0 Å². The minimum Gasteiger partial charge on any atom is -0.344 e. The molecule has 16 heavy (non-hydrogen) atoms. The zero-order valence-electron chi connectivity index (χ0n) is 9.50. The van der Waals surface area contributed by atoms with Crippen molar-refractivity contribution < 1.29 is 13.9 Å². The van der Waals surface area contributed by atoms with E-state index < -0.39 is 5.79 Å². The van der Waals surface area contributed by atoms with E-state index in [1.54, 1.807) is 19.1 Å². The van der Waals surface area contributed by atoms with Crippen molar-refractivity contribution >= 4 is 0 Å². The molecule has 1 saturated heterocycles. The molecule has 1 aromatic carbocycles. The summed E-state index contributed by atoms with van der Waals surface area (Å²) in [6, 6.07) is 4.76. The van der Waals surface area contributed by atoms with E-state index in [1.807, 2.05) is 6.92 Å². The second-order valence-electron chi connectivity index (χ2n) is 4.29. The highest BCUT2D eigenvalue weighted by atomic mass is 19.1. The third-order valence-corrected chi connectivity index (χ3v) is 2.83. The Bertz CT molecular complexity index is 387. The van der Waals surface area contributed by atoms with Gasteiger partial charge < -0.3 is 15.2 Å². The molecule has 0 amide bonds. The van der Waals surface area contributed by atoms with Crippen LogP contribution < -0.4 is 5.73 Å². The topological polar surface area (TPSA) is 44.5 Å². The van der Waals surface area contributed by atoms with Crippen LogP contribution in [0.4, 0.5) is 4.39 Å². The monoisotopic (exact) mass is 225 g/mol. The molecule has 1 aromatic rings. The highest BCUT2D eigenvalue weighted by Crippen LogP contribution is 2.30. The first kappa shape index (κ1) is 11.5. The van der Waals surface area contributed by atoms with E-state index in [9.17, 15) is 4.39 Å². The summed E-state index contributed by atoms with van der Waals surface area (Å²) in [6.45, 7) is 4.45. The molecule has 88 valence electrons. The van der Waals surface area contributed by atoms with Gasteiger partial charge >= 0.3 is 0 Å². The molecule has 0 saturated carbocycles. The number of ether oxygens (including phenoxy) is 2. The molecule has 1 heterocycles. The fraction of sp³-hybridized carbons (Fsp3) is 0.500. The van der Waals surface area contributed by atoms with E-state index in [-0.39, 0.29) is 11.9 Å². The highest BCUT2D eigenvalue weighted by molar-refractivity contribution is 5.27. The minimum absolute atomic E-state index is 0.0883. The van der Waals surface area contributed by atoms with Crippen molar-refractivity contribution in [2.24, 2.45) is 5.73 Å². The van der Waals surface area contributed by atoms with Gasteiger partial charge in [-0.05, 0) is 31.5 Å². The number of aryl methyl sites for hydroxylation is 1. The Morgan fingerprint density at radius 1 is 1.38 bits per heavy atom. The van der Waals surface area contributed by atoms with Gasteiger partial charge in [-0.15, -0.1) is 0 Å². The van der Waals surface area contributed by atoms with Crippen LogP contribution >= 0.6 is 0 Å². The molecule has 2 N–H and O–H groups in total. The van der Waals surface area contributed by atoms with E-state index in [1.165, 1.54) is 6.07 Å². The highest BCUT2D eigenvalue weighted by Gasteiger charge is 2.33. The molecule has 1 fully saturated rings. The summed E-state index contributed by atoms with van der Waals surface area (Å²) in [7, 11) is 0. The maximum absolute atomic E-state index is 13.2. The molecule has 2 rings (SSSR count). The first-order valence-electron chi connectivity index (χ1n) is 5.31. The molecular formula is C12H16FNO2. The molecule has 1 aliphatic heterocycles. The predicted octanol–water partition coefficient (Wildman–Crippen LogP) is 1.68. The summed E-state index contributed by atoms with van der Waals surface area (Å²) >= 11 is 0. The summed E-state index contributed by atoms with van der Waals surface area (Å²) < 4.78 is 24.3. The molecule has 0 spiro atoms. The Morgan fingerprint density at radius 3 is 2.56 bits per heavy atom. The van der Waals surface area contributed by atoms with Crippen LogP contribution in [0.2, 0.25) is 0 Å². The number of hydrogen-bond acceptors (Lipinski definition) is 3. The fourth-order valence-electron chi connectivity index (χ4n) is 1.72. The lowest BCUT2D eigenvalue weighted by atomic mass is 10.0. The number of nitrogens with two attached hydrogens (primary N) is 1. The molecule has 0 aromatic heterocycles. The second-order valence-corrected chi connectivity index (χ2v) is 4.29. The standard InChI is InChI=1S/C12H16FNO2/c1-8-5-9(3-4-11(8)13)12(2)15-6-10(14)7-16-12/h3-5,10H,6-7,14H2,1-2H3. The fourth-order valence-corrected chi connectivity index (χ4v) is 1.72. The van der Waals surface area contributed by atoms with Crippen molar-refractivity contribution in [1.29, 1.82) is 0 Å². The van der Waals surface area contributed by atoms with Crippen LogP contribution in [0.1, 0.15) is 18.1 Å². The normalized spacial score (nSPS) is 30.4. The lowest BCUT2D eigenvalue weighted by Crippen LogP contribution is -2.46. The van der Waals surface area contributed by atoms with Crippen LogP contribution in [0.3, 0.4) is 0 Å². The van der Waals surface area contributed by atoms with Crippen molar-refractivity contribution in [3.8, 4) is 0 Å². The third kappa shape index (κ3) is 2.09. The Hall–Kier alpha value is -0.970. The minimum atomic E-state index is -0.811. The van der Waals surface area contributed by atoms with Gasteiger partial charge in [0.05, 0.1) is 19.3 Å². The average Bonchev–Trinajstić information content (AvgIpc) is 2.26. The Kier molecular flexibility index (Phi) is 2.97. The molecule has 3 nitrogen and oxygen atoms in total. The smallest absolute Gasteiger partial charge is 0.192 e. The molecule has 4 heteroatoms. The van der Waals surface area contributed by atoms with Crippen molar-refractivity contribution in [3.05, 3.63) is 35.1 Å². The van der Waals surface area contributed by atoms with Crippen LogP contribution in [-0.2, 0) is 15.3 Å². The van der Waals surface area contributed by atoms with Crippen molar-refractivity contribution in [3.63, 3.8) is 0 Å². The number of halogens is 1. The Balaban J connectivity index is 2.25. The summed E-state index contributed by atoms with van der Waals surface area (Å²) in [5, 5.41) is 0. The maximum Gasteiger partial charge on any atom is 0.192 e. The summed E-state index contributed by atoms with van der Waals surface area (Å²) in [5.74, 6) is -1.03. The molecule has 0 atom stereocenters. The first-order valence-corrected chi connectivity index (χ1v) is 5.31. The molecule has 1 aliphatic rings. The van der Waals surface area contributed by atoms with Crippen LogP contribution in [0.15, 0.2) is 18.2 Å². The molecule has 0 radical (unpaired) electrons. The van der Waals surface area contributed by atoms with Gasteiger partial charge in [0.1, 0.15) is 5.82 Å². The van der Waals surface area contributed by atoms with Gasteiger partial charge in [-0.1, -0.05) is 6.07 Å². The summed E-state index contributed by atoms with van der Waals surface area (Å²) in [6.07, 6.45) is 0. The van der Waals surface area contributed by atoms with E-state index >= 15 is 0 Å². The van der Waals surface area contributed by atoms with Gasteiger partial charge in [0, 0.05) is 5.56 Å². The largest absolute Gasteiger partial charge is 0.344 e. The Labute approximate surface area is 94.3 Å². The lowest BCUT2D eigenvalue weighted by Gasteiger charge is -2.36. The average molecular weight is 225 g/mol. The second kappa shape index (κ2) is 4.13. The predicted molar refractivity (Wildman–Crippen MR) is 58.4 cm³/mol. The zero-order chi connectivity index (χ0) is 11.8. The zero-order valence-corrected chi connectivity index (χ0v) is 9.50. The first-order chi connectivity index (χ1) is 7.51. The van der Waals surface area contributed by atoms with E-state index in [2.05, 4.69) is 0 Å². The van der Waals surface area contributed by atoms with E-state index in [0.29, 0.717) is 18.8 Å². The van der Waals surface area contributed by atoms with Gasteiger partial charge in [-0.2, -0.15) is 0 Å². The van der Waals surface area contributed by atoms with Gasteiger partial charge in [0.25, 0.3) is 0 Å². The van der Waals surface area contributed by atoms with Crippen LogP contribution in [0.5, 0.6) is 0 Å². The van der Waals surface area contributed by atoms with Gasteiger partial charge in [-0.3, -0.25) is 0 Å². The number of hydrogen-bond donors (Lipinski definition) is 1. The maximum atomic E-state index is 13.2. The molecular weight excluding hydrogens is 209 g/mol. The van der Waals surface area contributed by atoms with Gasteiger partial charge in [0.15, 0.2) is 5.79 Å². The van der Waals surface area contributed by atoms with Crippen molar-refractivity contribution in [2.75, 3.05) is 13.2 Å². The summed E-state index contributed by atoms with van der Waals surface area (Å²) in [5.41, 5.74) is 7.08. The number of rotatable bonds is 1. The number of benzene rings is 1. The van der Waals surface area contributed by atoms with Crippen molar-refractivity contribution in [2.45, 2.75) is 25.7 Å². The summed E-state index contributed by atoms with van der Waals surface area (Å²) in [4.78, 5) is 0. The Morgan fingerprint density at radius 2 is 2.00 bits per heavy atom. The quantitative estimate of drug-likeness (QED) is 0.790. The third-order valence-electron chi connectivity index (χ3n) is 2.83. The lowest BCUT2D eigenvalue weighted by molar-refractivity contribution is -0.270. The van der Waals surface area contributed by atoms with E-state index in [0.717, 1.165) is 5.56 Å². The van der Waals surface area contributed by atoms with E-state index in [4.69, 9.17) is 15.2 Å². The van der Waals surface area contributed by atoms with Crippen LogP contribution in [0.25, 0.3) is 0 Å².